The predicted octanol–water partition coefficient (Wildman–Crippen LogP) is 5.24. The average Bonchev–Trinajstić information content (AvgIpc) is 3.51. The maximum atomic E-state index is 13.8. The Kier molecular flexibility index (Phi) is 8.68. The van der Waals surface area contributed by atoms with Crippen LogP contribution in [0.2, 0.25) is 0 Å². The van der Waals surface area contributed by atoms with Gasteiger partial charge in [0.05, 0.1) is 37.1 Å². The Balaban J connectivity index is 0.00000304. The zero-order valence-corrected chi connectivity index (χ0v) is 22.0. The number of thiazole rings is 1. The van der Waals surface area contributed by atoms with Gasteiger partial charge in [-0.05, 0) is 37.6 Å². The number of rotatable bonds is 9. The Morgan fingerprint density at radius 2 is 2.03 bits per heavy atom. The molecule has 0 saturated carbocycles. The van der Waals surface area contributed by atoms with Crippen LogP contribution in [-0.2, 0) is 4.74 Å². The summed E-state index contributed by atoms with van der Waals surface area (Å²) in [6, 6.07) is 13.2. The number of benzene rings is 2. The van der Waals surface area contributed by atoms with E-state index in [1.165, 1.54) is 11.3 Å². The van der Waals surface area contributed by atoms with Crippen LogP contribution < -0.4 is 14.4 Å². The Morgan fingerprint density at radius 3 is 2.81 bits per heavy atom. The number of hydrogen-bond acceptors (Lipinski definition) is 8. The van der Waals surface area contributed by atoms with E-state index in [0.29, 0.717) is 29.6 Å². The first-order chi connectivity index (χ1) is 17.2. The highest BCUT2D eigenvalue weighted by atomic mass is 35.5. The molecule has 0 spiro atoms. The number of carbonyl (C=O) groups is 1. The van der Waals surface area contributed by atoms with E-state index in [0.717, 1.165) is 60.6 Å². The standard InChI is InChI=1S/C26H29N3O5S.ClH/c1-3-33-21-7-4-6-18-16-22(34-24(18)21)25(30)29(11-5-10-28-12-14-32-15-13-28)26-27-20-17-19(31-2)8-9-23(20)35-26;/h4,6-9,16-17H,3,5,10-15H2,1-2H3;1H. The van der Waals surface area contributed by atoms with Crippen LogP contribution in [0.3, 0.4) is 0 Å². The quantitative estimate of drug-likeness (QED) is 0.292. The third-order valence-corrected chi connectivity index (χ3v) is 7.10. The van der Waals surface area contributed by atoms with Gasteiger partial charge in [-0.2, -0.15) is 0 Å². The van der Waals surface area contributed by atoms with Crippen LogP contribution in [0.4, 0.5) is 5.13 Å². The molecule has 0 N–H and O–H groups in total. The molecule has 1 fully saturated rings. The van der Waals surface area contributed by atoms with Gasteiger partial charge in [-0.3, -0.25) is 14.6 Å². The number of carbonyl (C=O) groups excluding carboxylic acids is 1. The number of fused-ring (bicyclic) bond motifs is 2. The molecule has 0 bridgehead atoms. The van der Waals surface area contributed by atoms with Crippen LogP contribution >= 0.6 is 23.7 Å². The maximum absolute atomic E-state index is 13.8. The molecule has 1 saturated heterocycles. The smallest absolute Gasteiger partial charge is 0.295 e. The lowest BCUT2D eigenvalue weighted by molar-refractivity contribution is 0.0376. The fourth-order valence-electron chi connectivity index (χ4n) is 4.24. The average molecular weight is 532 g/mol. The normalized spacial score (nSPS) is 14.1. The largest absolute Gasteiger partial charge is 0.497 e. The lowest BCUT2D eigenvalue weighted by Gasteiger charge is -2.27. The van der Waals surface area contributed by atoms with Crippen LogP contribution in [0.25, 0.3) is 21.2 Å². The zero-order valence-electron chi connectivity index (χ0n) is 20.4. The number of furan rings is 1. The van der Waals surface area contributed by atoms with E-state index >= 15 is 0 Å². The first-order valence-electron chi connectivity index (χ1n) is 11.9. The Labute approximate surface area is 220 Å². The van der Waals surface area contributed by atoms with E-state index in [-0.39, 0.29) is 24.1 Å². The van der Waals surface area contributed by atoms with Gasteiger partial charge in [0.15, 0.2) is 22.2 Å². The van der Waals surface area contributed by atoms with E-state index in [1.807, 2.05) is 43.3 Å². The van der Waals surface area contributed by atoms with Crippen LogP contribution in [0, 0.1) is 0 Å². The molecule has 10 heteroatoms. The molecule has 5 rings (SSSR count). The first-order valence-corrected chi connectivity index (χ1v) is 12.7. The van der Waals surface area contributed by atoms with Crippen molar-refractivity contribution in [2.24, 2.45) is 0 Å². The summed E-state index contributed by atoms with van der Waals surface area (Å²) in [6.07, 6.45) is 0.815. The van der Waals surface area contributed by atoms with Crippen molar-refractivity contribution in [3.05, 3.63) is 48.2 Å². The van der Waals surface area contributed by atoms with Gasteiger partial charge in [0, 0.05) is 37.6 Å². The van der Waals surface area contributed by atoms with Gasteiger partial charge in [0.1, 0.15) is 5.75 Å². The summed E-state index contributed by atoms with van der Waals surface area (Å²) >= 11 is 1.49. The molecule has 1 aliphatic rings. The van der Waals surface area contributed by atoms with Gasteiger partial charge in [-0.1, -0.05) is 23.5 Å². The molecular weight excluding hydrogens is 502 g/mol. The summed E-state index contributed by atoms with van der Waals surface area (Å²) in [6.45, 7) is 7.20. The van der Waals surface area contributed by atoms with E-state index in [4.69, 9.17) is 23.6 Å². The predicted molar refractivity (Wildman–Crippen MR) is 144 cm³/mol. The molecule has 0 radical (unpaired) electrons. The minimum atomic E-state index is -0.211. The van der Waals surface area contributed by atoms with Gasteiger partial charge in [-0.25, -0.2) is 4.98 Å². The SMILES string of the molecule is CCOc1cccc2cc(C(=O)N(CCCN3CCOCC3)c3nc4cc(OC)ccc4s3)oc12.Cl. The van der Waals surface area contributed by atoms with Crippen molar-refractivity contribution in [2.45, 2.75) is 13.3 Å². The number of nitrogens with zero attached hydrogens (tertiary/aromatic N) is 3. The number of hydrogen-bond donors (Lipinski definition) is 0. The third-order valence-electron chi connectivity index (χ3n) is 6.04. The number of methoxy groups -OCH3 is 1. The summed E-state index contributed by atoms with van der Waals surface area (Å²) in [4.78, 5) is 22.6. The molecule has 36 heavy (non-hydrogen) atoms. The molecule has 0 aliphatic carbocycles. The van der Waals surface area contributed by atoms with E-state index in [1.54, 1.807) is 18.1 Å². The van der Waals surface area contributed by atoms with Crippen LogP contribution in [0.5, 0.6) is 11.5 Å². The molecule has 2 aromatic heterocycles. The zero-order chi connectivity index (χ0) is 24.2. The van der Waals surface area contributed by atoms with Gasteiger partial charge in [0.2, 0.25) is 0 Å². The van der Waals surface area contributed by atoms with Crippen molar-refractivity contribution in [1.29, 1.82) is 0 Å². The topological polar surface area (TPSA) is 77.3 Å². The highest BCUT2D eigenvalue weighted by Crippen LogP contribution is 2.34. The first kappa shape index (κ1) is 26.2. The highest BCUT2D eigenvalue weighted by molar-refractivity contribution is 7.22. The number of morpholine rings is 1. The lowest BCUT2D eigenvalue weighted by Crippen LogP contribution is -2.39. The van der Waals surface area contributed by atoms with Crippen LogP contribution in [-0.4, -0.2) is 68.9 Å². The van der Waals surface area contributed by atoms with Gasteiger partial charge < -0.3 is 18.6 Å². The summed E-state index contributed by atoms with van der Waals surface area (Å²) in [7, 11) is 1.63. The second-order valence-corrected chi connectivity index (χ2v) is 9.32. The Hall–Kier alpha value is -2.85. The molecule has 0 unspecified atom stereocenters. The number of halogens is 1. The lowest BCUT2D eigenvalue weighted by atomic mass is 10.2. The molecule has 2 aromatic carbocycles. The second kappa shape index (κ2) is 11.9. The summed E-state index contributed by atoms with van der Waals surface area (Å²) in [5, 5.41) is 1.48. The van der Waals surface area contributed by atoms with Crippen molar-refractivity contribution < 1.29 is 23.4 Å². The molecule has 3 heterocycles. The molecule has 0 atom stereocenters. The number of aromatic nitrogens is 1. The van der Waals surface area contributed by atoms with E-state index in [2.05, 4.69) is 4.90 Å². The fraction of sp³-hybridized carbons (Fsp3) is 0.385. The van der Waals surface area contributed by atoms with Crippen molar-refractivity contribution in [2.75, 3.05) is 58.0 Å². The Bertz CT molecular complexity index is 1320. The highest BCUT2D eigenvalue weighted by Gasteiger charge is 2.25. The molecule has 4 aromatic rings. The van der Waals surface area contributed by atoms with Gasteiger partial charge >= 0.3 is 0 Å². The van der Waals surface area contributed by atoms with Crippen molar-refractivity contribution in [3.8, 4) is 11.5 Å². The van der Waals surface area contributed by atoms with Gasteiger partial charge in [0.25, 0.3) is 5.91 Å². The molecule has 8 nitrogen and oxygen atoms in total. The molecule has 1 aliphatic heterocycles. The van der Waals surface area contributed by atoms with E-state index < -0.39 is 0 Å². The number of anilines is 1. The third kappa shape index (κ3) is 5.59. The second-order valence-electron chi connectivity index (χ2n) is 8.31. The molecule has 192 valence electrons. The summed E-state index contributed by atoms with van der Waals surface area (Å²) in [5.74, 6) is 1.43. The van der Waals surface area contributed by atoms with E-state index in [9.17, 15) is 4.79 Å². The molecule has 1 amide bonds. The minimum Gasteiger partial charge on any atom is -0.497 e. The monoisotopic (exact) mass is 531 g/mol. The summed E-state index contributed by atoms with van der Waals surface area (Å²) in [5.41, 5.74) is 1.39. The maximum Gasteiger partial charge on any atom is 0.295 e. The number of amides is 1. The number of para-hydroxylation sites is 1. The van der Waals surface area contributed by atoms with Crippen molar-refractivity contribution in [1.82, 2.24) is 9.88 Å². The minimum absolute atomic E-state index is 0. The number of ether oxygens (including phenoxy) is 3. The Morgan fingerprint density at radius 1 is 1.19 bits per heavy atom. The molecular formula is C26H30ClN3O5S. The fourth-order valence-corrected chi connectivity index (χ4v) is 5.21. The van der Waals surface area contributed by atoms with Crippen LogP contribution in [0.15, 0.2) is 46.9 Å². The van der Waals surface area contributed by atoms with Crippen molar-refractivity contribution in [3.63, 3.8) is 0 Å². The van der Waals surface area contributed by atoms with Crippen molar-refractivity contribution >= 4 is 56.0 Å². The van der Waals surface area contributed by atoms with Gasteiger partial charge in [-0.15, -0.1) is 12.4 Å². The summed E-state index contributed by atoms with van der Waals surface area (Å²) < 4.78 is 23.5. The van der Waals surface area contributed by atoms with Crippen LogP contribution in [0.1, 0.15) is 23.9 Å².